The van der Waals surface area contributed by atoms with E-state index in [0.29, 0.717) is 6.61 Å². The van der Waals surface area contributed by atoms with Crippen molar-refractivity contribution in [2.75, 3.05) is 6.61 Å². The lowest BCUT2D eigenvalue weighted by Gasteiger charge is -1.98. The van der Waals surface area contributed by atoms with Crippen LogP contribution in [0.15, 0.2) is 36.4 Å². The lowest BCUT2D eigenvalue weighted by atomic mass is 10.1. The van der Waals surface area contributed by atoms with Crippen molar-refractivity contribution in [3.8, 4) is 0 Å². The molecule has 0 amide bonds. The zero-order valence-electron chi connectivity index (χ0n) is 8.79. The number of benzene rings is 1. The first-order chi connectivity index (χ1) is 7.33. The van der Waals surface area contributed by atoms with E-state index >= 15 is 0 Å². The van der Waals surface area contributed by atoms with Crippen molar-refractivity contribution in [2.24, 2.45) is 0 Å². The molecule has 1 aromatic carbocycles. The summed E-state index contributed by atoms with van der Waals surface area (Å²) < 4.78 is 4.70. The second kappa shape index (κ2) is 7.49. The van der Waals surface area contributed by atoms with Crippen molar-refractivity contribution in [2.45, 2.75) is 19.3 Å². The molecule has 0 atom stereocenters. The fourth-order valence-electron chi connectivity index (χ4n) is 1.29. The molecule has 0 bridgehead atoms. The molecule has 15 heavy (non-hydrogen) atoms. The number of hydrogen-bond donors (Lipinski definition) is 0. The number of ether oxygens (including phenoxy) is 1. The molecule has 0 aliphatic rings. The Labute approximate surface area is 96.7 Å². The molecule has 0 aliphatic carbocycles. The third kappa shape index (κ3) is 5.60. The Morgan fingerprint density at radius 1 is 1.13 bits per heavy atom. The van der Waals surface area contributed by atoms with E-state index in [1.165, 1.54) is 5.56 Å². The van der Waals surface area contributed by atoms with E-state index in [2.05, 4.69) is 31.4 Å². The van der Waals surface area contributed by atoms with Crippen LogP contribution in [0.2, 0.25) is 5.02 Å². The van der Waals surface area contributed by atoms with Gasteiger partial charge in [-0.1, -0.05) is 35.9 Å². The number of aryl methyl sites for hydroxylation is 1. The van der Waals surface area contributed by atoms with Crippen LogP contribution in [0.1, 0.15) is 18.4 Å². The van der Waals surface area contributed by atoms with Crippen molar-refractivity contribution >= 4 is 11.6 Å². The average molecular weight is 224 g/mol. The van der Waals surface area contributed by atoms with Gasteiger partial charge in [0.1, 0.15) is 0 Å². The fraction of sp³-hybridized carbons (Fsp3) is 0.308. The highest BCUT2D eigenvalue weighted by Crippen LogP contribution is 2.11. The second-order valence-corrected chi connectivity index (χ2v) is 3.77. The van der Waals surface area contributed by atoms with Gasteiger partial charge in [0.15, 0.2) is 0 Å². The molecule has 0 fully saturated rings. The van der Waals surface area contributed by atoms with Crippen LogP contribution in [-0.4, -0.2) is 6.61 Å². The standard InChI is InChI=1S/C13H16ClO/c1-15-11-5-3-2-4-6-12-7-9-13(14)10-8-12/h2-3,7-10H,1,4-6,11H2/b3-2+. The van der Waals surface area contributed by atoms with Crippen LogP contribution in [0.25, 0.3) is 0 Å². The van der Waals surface area contributed by atoms with Gasteiger partial charge in [0.25, 0.3) is 0 Å². The van der Waals surface area contributed by atoms with Crippen molar-refractivity contribution in [1.82, 2.24) is 0 Å². The summed E-state index contributed by atoms with van der Waals surface area (Å²) in [4.78, 5) is 0. The summed E-state index contributed by atoms with van der Waals surface area (Å²) in [6, 6.07) is 7.99. The molecule has 0 aliphatic heterocycles. The van der Waals surface area contributed by atoms with E-state index in [9.17, 15) is 0 Å². The van der Waals surface area contributed by atoms with Gasteiger partial charge in [-0.2, -0.15) is 0 Å². The van der Waals surface area contributed by atoms with Crippen LogP contribution in [0, 0.1) is 7.11 Å². The van der Waals surface area contributed by atoms with Gasteiger partial charge in [-0.05, 0) is 37.0 Å². The smallest absolute Gasteiger partial charge is 0.0700 e. The van der Waals surface area contributed by atoms with Gasteiger partial charge in [0.05, 0.1) is 13.7 Å². The molecule has 0 N–H and O–H groups in total. The molecular formula is C13H16ClO. The van der Waals surface area contributed by atoms with Gasteiger partial charge in [-0.15, -0.1) is 0 Å². The normalized spacial score (nSPS) is 11.1. The van der Waals surface area contributed by atoms with E-state index in [1.807, 2.05) is 12.1 Å². The van der Waals surface area contributed by atoms with Gasteiger partial charge in [0.2, 0.25) is 0 Å². The van der Waals surface area contributed by atoms with Crippen molar-refractivity contribution in [3.05, 3.63) is 54.1 Å². The Morgan fingerprint density at radius 2 is 1.80 bits per heavy atom. The molecule has 0 saturated carbocycles. The largest absolute Gasteiger partial charge is 0.379 e. The monoisotopic (exact) mass is 223 g/mol. The Morgan fingerprint density at radius 3 is 2.47 bits per heavy atom. The van der Waals surface area contributed by atoms with Crippen LogP contribution >= 0.6 is 11.6 Å². The first-order valence-corrected chi connectivity index (χ1v) is 5.47. The van der Waals surface area contributed by atoms with Crippen molar-refractivity contribution < 1.29 is 4.74 Å². The van der Waals surface area contributed by atoms with Crippen LogP contribution in [0.3, 0.4) is 0 Å². The van der Waals surface area contributed by atoms with E-state index in [4.69, 9.17) is 16.3 Å². The van der Waals surface area contributed by atoms with Crippen LogP contribution in [-0.2, 0) is 11.2 Å². The summed E-state index contributed by atoms with van der Waals surface area (Å²) >= 11 is 5.80. The van der Waals surface area contributed by atoms with Gasteiger partial charge in [-0.25, -0.2) is 0 Å². The molecule has 1 radical (unpaired) electrons. The van der Waals surface area contributed by atoms with Gasteiger partial charge < -0.3 is 4.74 Å². The number of halogens is 1. The highest BCUT2D eigenvalue weighted by atomic mass is 35.5. The van der Waals surface area contributed by atoms with Crippen LogP contribution in [0.4, 0.5) is 0 Å². The Kier molecular flexibility index (Phi) is 6.14. The zero-order valence-corrected chi connectivity index (χ0v) is 9.54. The van der Waals surface area contributed by atoms with E-state index in [0.717, 1.165) is 24.3 Å². The average Bonchev–Trinajstić information content (AvgIpc) is 2.26. The lowest BCUT2D eigenvalue weighted by molar-refractivity contribution is 0.248. The topological polar surface area (TPSA) is 9.23 Å². The predicted molar refractivity (Wildman–Crippen MR) is 64.8 cm³/mol. The third-order valence-electron chi connectivity index (χ3n) is 2.11. The number of hydrogen-bond acceptors (Lipinski definition) is 1. The van der Waals surface area contributed by atoms with E-state index in [-0.39, 0.29) is 0 Å². The van der Waals surface area contributed by atoms with Crippen LogP contribution in [0.5, 0.6) is 0 Å². The minimum Gasteiger partial charge on any atom is -0.379 e. The molecule has 1 rings (SSSR count). The predicted octanol–water partition coefficient (Wildman–Crippen LogP) is 4.03. The first-order valence-electron chi connectivity index (χ1n) is 5.09. The lowest BCUT2D eigenvalue weighted by Crippen LogP contribution is -1.84. The van der Waals surface area contributed by atoms with E-state index in [1.54, 1.807) is 0 Å². The first kappa shape index (κ1) is 12.3. The minimum absolute atomic E-state index is 0.692. The Bertz CT molecular complexity index is 290. The van der Waals surface area contributed by atoms with Gasteiger partial charge in [0, 0.05) is 5.02 Å². The number of allylic oxidation sites excluding steroid dienone is 1. The van der Waals surface area contributed by atoms with Crippen molar-refractivity contribution in [3.63, 3.8) is 0 Å². The summed E-state index contributed by atoms with van der Waals surface area (Å²) in [5.41, 5.74) is 1.32. The summed E-state index contributed by atoms with van der Waals surface area (Å²) in [5, 5.41) is 0.793. The molecule has 0 spiro atoms. The Balaban J connectivity index is 2.20. The summed E-state index contributed by atoms with van der Waals surface area (Å²) in [5.74, 6) is 0. The summed E-state index contributed by atoms with van der Waals surface area (Å²) in [6.45, 7) is 0.692. The zero-order chi connectivity index (χ0) is 10.9. The number of rotatable bonds is 6. The SMILES string of the molecule is [CH2]OCC/C=C/CCc1ccc(Cl)cc1. The molecule has 0 aromatic heterocycles. The molecule has 0 saturated heterocycles. The molecule has 0 unspecified atom stereocenters. The molecule has 1 aromatic rings. The molecule has 1 nitrogen and oxygen atoms in total. The second-order valence-electron chi connectivity index (χ2n) is 3.33. The highest BCUT2D eigenvalue weighted by Gasteiger charge is 1.91. The molecule has 81 valence electrons. The quantitative estimate of drug-likeness (QED) is 0.523. The minimum atomic E-state index is 0.692. The van der Waals surface area contributed by atoms with E-state index < -0.39 is 0 Å². The maximum Gasteiger partial charge on any atom is 0.0700 e. The summed E-state index contributed by atoms with van der Waals surface area (Å²) in [7, 11) is 3.31. The van der Waals surface area contributed by atoms with Crippen LogP contribution < -0.4 is 0 Å². The maximum atomic E-state index is 5.80. The Hall–Kier alpha value is -0.790. The third-order valence-corrected chi connectivity index (χ3v) is 2.36. The highest BCUT2D eigenvalue weighted by molar-refractivity contribution is 6.30. The molecule has 2 heteroatoms. The maximum absolute atomic E-state index is 5.80. The molecular weight excluding hydrogens is 208 g/mol. The van der Waals surface area contributed by atoms with Crippen molar-refractivity contribution in [1.29, 1.82) is 0 Å². The summed E-state index contributed by atoms with van der Waals surface area (Å²) in [6.07, 6.45) is 7.34. The fourth-order valence-corrected chi connectivity index (χ4v) is 1.41. The van der Waals surface area contributed by atoms with Gasteiger partial charge >= 0.3 is 0 Å². The van der Waals surface area contributed by atoms with Gasteiger partial charge in [-0.3, -0.25) is 0 Å². The molecule has 0 heterocycles.